The monoisotopic (exact) mass is 320 g/mol. The highest BCUT2D eigenvalue weighted by molar-refractivity contribution is 6.33. The molecule has 8 nitrogen and oxygen atoms in total. The third kappa shape index (κ3) is 2.45. The van der Waals surface area contributed by atoms with Crippen LogP contribution in [0.4, 0.5) is 0 Å². The van der Waals surface area contributed by atoms with E-state index >= 15 is 0 Å². The zero-order valence-electron chi connectivity index (χ0n) is 12.0. The molecule has 0 spiro atoms. The molecular formula is C13H13ClN6O2. The topological polar surface area (TPSA) is 94.6 Å². The number of hydrogen-bond acceptors (Lipinski definition) is 7. The van der Waals surface area contributed by atoms with Gasteiger partial charge in [-0.3, -0.25) is 4.57 Å². The average molecular weight is 321 g/mol. The third-order valence-electron chi connectivity index (χ3n) is 3.24. The van der Waals surface area contributed by atoms with E-state index < -0.39 is 5.54 Å². The van der Waals surface area contributed by atoms with Gasteiger partial charge in [-0.05, 0) is 13.8 Å². The number of carbonyl (C=O) groups is 1. The number of rotatable bonds is 3. The Morgan fingerprint density at radius 2 is 2.32 bits per heavy atom. The van der Waals surface area contributed by atoms with Gasteiger partial charge in [-0.25, -0.2) is 19.7 Å². The van der Waals surface area contributed by atoms with Crippen molar-refractivity contribution in [2.75, 3.05) is 6.61 Å². The molecule has 0 aromatic carbocycles. The number of nitrogens with zero attached hydrogens (tertiary/aromatic N) is 6. The Balaban J connectivity index is 1.89. The van der Waals surface area contributed by atoms with E-state index in [0.29, 0.717) is 29.9 Å². The van der Waals surface area contributed by atoms with Crippen LogP contribution in [0.1, 0.15) is 20.3 Å². The number of hydrogen-bond donors (Lipinski definition) is 0. The molecule has 0 fully saturated rings. The van der Waals surface area contributed by atoms with Gasteiger partial charge in [0.25, 0.3) is 0 Å². The van der Waals surface area contributed by atoms with Crippen molar-refractivity contribution in [3.8, 4) is 0 Å². The van der Waals surface area contributed by atoms with Crippen molar-refractivity contribution in [2.45, 2.75) is 25.8 Å². The lowest BCUT2D eigenvalue weighted by Gasteiger charge is -2.15. The first-order valence-corrected chi connectivity index (χ1v) is 7.05. The second kappa shape index (κ2) is 5.45. The summed E-state index contributed by atoms with van der Waals surface area (Å²) in [7, 11) is 0. The summed E-state index contributed by atoms with van der Waals surface area (Å²) in [5.74, 6) is -0.386. The molecule has 3 rings (SSSR count). The summed E-state index contributed by atoms with van der Waals surface area (Å²) >= 11 is 5.96. The molecule has 1 unspecified atom stereocenters. The maximum absolute atomic E-state index is 11.9. The lowest BCUT2D eigenvalue weighted by atomic mass is 9.99. The maximum atomic E-state index is 11.9. The first-order chi connectivity index (χ1) is 10.5. The van der Waals surface area contributed by atoms with E-state index in [-0.39, 0.29) is 11.1 Å². The molecule has 9 heteroatoms. The average Bonchev–Trinajstić information content (AvgIpc) is 3.06. The van der Waals surface area contributed by atoms with Gasteiger partial charge in [-0.15, -0.1) is 0 Å². The molecule has 2 aromatic heterocycles. The smallest absolute Gasteiger partial charge is 0.336 e. The first kappa shape index (κ1) is 14.6. The van der Waals surface area contributed by atoms with Crippen LogP contribution in [-0.2, 0) is 9.53 Å². The molecule has 114 valence electrons. The molecule has 1 atom stereocenters. The molecule has 1 aliphatic rings. The Morgan fingerprint density at radius 1 is 1.50 bits per heavy atom. The van der Waals surface area contributed by atoms with Crippen LogP contribution in [0.5, 0.6) is 0 Å². The van der Waals surface area contributed by atoms with Crippen molar-refractivity contribution < 1.29 is 9.53 Å². The lowest BCUT2D eigenvalue weighted by molar-refractivity contribution is -0.148. The number of aromatic nitrogens is 4. The fraction of sp³-hybridized carbons (Fsp3) is 0.385. The number of esters is 1. The molecule has 0 N–H and O–H groups in total. The zero-order chi connectivity index (χ0) is 15.7. The molecule has 1 aliphatic heterocycles. The van der Waals surface area contributed by atoms with E-state index in [1.807, 2.05) is 0 Å². The summed E-state index contributed by atoms with van der Waals surface area (Å²) < 4.78 is 6.70. The van der Waals surface area contributed by atoms with Crippen molar-refractivity contribution >= 4 is 34.9 Å². The Labute approximate surface area is 130 Å². The van der Waals surface area contributed by atoms with Crippen LogP contribution in [-0.4, -0.2) is 37.6 Å². The molecule has 22 heavy (non-hydrogen) atoms. The van der Waals surface area contributed by atoms with Crippen molar-refractivity contribution in [2.24, 2.45) is 10.2 Å². The highest BCUT2D eigenvalue weighted by atomic mass is 35.5. The van der Waals surface area contributed by atoms with Crippen LogP contribution < -0.4 is 0 Å². The van der Waals surface area contributed by atoms with Gasteiger partial charge >= 0.3 is 5.97 Å². The summed E-state index contributed by atoms with van der Waals surface area (Å²) in [4.78, 5) is 24.1. The number of imidazole rings is 1. The predicted octanol–water partition coefficient (Wildman–Crippen LogP) is 2.46. The van der Waals surface area contributed by atoms with E-state index in [1.165, 1.54) is 6.33 Å². The van der Waals surface area contributed by atoms with Gasteiger partial charge in [0.2, 0.25) is 0 Å². The normalized spacial score (nSPS) is 22.6. The second-order valence-electron chi connectivity index (χ2n) is 4.98. The summed E-state index contributed by atoms with van der Waals surface area (Å²) in [6, 6.07) is 0. The van der Waals surface area contributed by atoms with Gasteiger partial charge in [0.1, 0.15) is 18.2 Å². The number of ether oxygens (including phenoxy) is 1. The van der Waals surface area contributed by atoms with Gasteiger partial charge in [0.15, 0.2) is 16.3 Å². The van der Waals surface area contributed by atoms with Crippen LogP contribution >= 0.6 is 11.6 Å². The molecule has 3 heterocycles. The van der Waals surface area contributed by atoms with Crippen LogP contribution in [0.3, 0.4) is 0 Å². The highest BCUT2D eigenvalue weighted by Crippen LogP contribution is 2.31. The fourth-order valence-electron chi connectivity index (χ4n) is 2.15. The maximum Gasteiger partial charge on any atom is 0.336 e. The minimum absolute atomic E-state index is 0.284. The van der Waals surface area contributed by atoms with Crippen LogP contribution in [0, 0.1) is 0 Å². The number of carbonyl (C=O) groups excluding carboxylic acids is 1. The lowest BCUT2D eigenvalue weighted by Crippen LogP contribution is -2.32. The molecule has 0 amide bonds. The molecule has 0 saturated heterocycles. The van der Waals surface area contributed by atoms with E-state index in [1.54, 1.807) is 30.9 Å². The molecule has 0 radical (unpaired) electrons. The van der Waals surface area contributed by atoms with Crippen molar-refractivity contribution in [1.82, 2.24) is 19.5 Å². The standard InChI is InChI=1S/C13H13ClN6O2/c1-3-22-12(21)13(2)4-8(18-19-13)5-20-7-17-9-10(14)15-6-16-11(9)20/h5-7H,3-4H2,1-2H3/b8-5+. The molecular weight excluding hydrogens is 308 g/mol. The Hall–Kier alpha value is -2.35. The number of fused-ring (bicyclic) bond motifs is 1. The molecule has 2 aromatic rings. The largest absolute Gasteiger partial charge is 0.464 e. The Bertz CT molecular complexity index is 799. The van der Waals surface area contributed by atoms with Crippen LogP contribution in [0.15, 0.2) is 28.6 Å². The Kier molecular flexibility index (Phi) is 3.61. The van der Waals surface area contributed by atoms with Crippen LogP contribution in [0.25, 0.3) is 17.4 Å². The van der Waals surface area contributed by atoms with Crippen LogP contribution in [0.2, 0.25) is 5.15 Å². The fourth-order valence-corrected chi connectivity index (χ4v) is 2.32. The van der Waals surface area contributed by atoms with E-state index in [9.17, 15) is 4.79 Å². The summed E-state index contributed by atoms with van der Waals surface area (Å²) in [5.41, 5.74) is 0.714. The van der Waals surface area contributed by atoms with E-state index in [2.05, 4.69) is 25.2 Å². The molecule has 0 saturated carbocycles. The second-order valence-corrected chi connectivity index (χ2v) is 5.34. The van der Waals surface area contributed by atoms with Crippen molar-refractivity contribution in [1.29, 1.82) is 0 Å². The predicted molar refractivity (Wildman–Crippen MR) is 79.1 cm³/mol. The van der Waals surface area contributed by atoms with E-state index in [4.69, 9.17) is 16.3 Å². The molecule has 0 aliphatic carbocycles. The number of azo groups is 1. The van der Waals surface area contributed by atoms with E-state index in [0.717, 1.165) is 0 Å². The third-order valence-corrected chi connectivity index (χ3v) is 3.52. The van der Waals surface area contributed by atoms with Gasteiger partial charge in [0, 0.05) is 12.6 Å². The van der Waals surface area contributed by atoms with Gasteiger partial charge in [-0.1, -0.05) is 11.6 Å². The van der Waals surface area contributed by atoms with Gasteiger partial charge in [-0.2, -0.15) is 10.2 Å². The zero-order valence-corrected chi connectivity index (χ0v) is 12.8. The Morgan fingerprint density at radius 3 is 3.09 bits per heavy atom. The molecule has 0 bridgehead atoms. The summed E-state index contributed by atoms with van der Waals surface area (Å²) in [6.07, 6.45) is 4.99. The summed E-state index contributed by atoms with van der Waals surface area (Å²) in [5, 5.41) is 8.38. The quantitative estimate of drug-likeness (QED) is 0.639. The van der Waals surface area contributed by atoms with Crippen molar-refractivity contribution in [3.63, 3.8) is 0 Å². The SMILES string of the molecule is CCOC(=O)C1(C)C/C(=C\n2cnc3c(Cl)ncnc32)N=N1. The minimum atomic E-state index is -0.981. The minimum Gasteiger partial charge on any atom is -0.464 e. The first-order valence-electron chi connectivity index (χ1n) is 6.67. The summed E-state index contributed by atoms with van der Waals surface area (Å²) in [6.45, 7) is 3.76. The van der Waals surface area contributed by atoms with Crippen molar-refractivity contribution in [3.05, 3.63) is 23.5 Å². The highest BCUT2D eigenvalue weighted by Gasteiger charge is 2.40. The van der Waals surface area contributed by atoms with Gasteiger partial charge in [0.05, 0.1) is 12.3 Å². The van der Waals surface area contributed by atoms with Gasteiger partial charge < -0.3 is 4.74 Å². The number of halogens is 1.